The average molecular weight is 256 g/mol. The highest BCUT2D eigenvalue weighted by Crippen LogP contribution is 2.23. The van der Waals surface area contributed by atoms with Gasteiger partial charge in [0.2, 0.25) is 0 Å². The van der Waals surface area contributed by atoms with Crippen LogP contribution in [0, 0.1) is 0 Å². The fourth-order valence-corrected chi connectivity index (χ4v) is 1.89. The van der Waals surface area contributed by atoms with Crippen LogP contribution in [0.15, 0.2) is 42.7 Å². The van der Waals surface area contributed by atoms with Gasteiger partial charge in [-0.1, -0.05) is 32.9 Å². The Bertz CT molecular complexity index is 574. The van der Waals surface area contributed by atoms with Crippen LogP contribution in [-0.2, 0) is 12.5 Å². The Labute approximate surface area is 114 Å². The number of anilines is 1. The number of carbonyl (C=O) groups excluding carboxylic acids is 1. The van der Waals surface area contributed by atoms with Crippen LogP contribution in [-0.4, -0.2) is 10.5 Å². The summed E-state index contributed by atoms with van der Waals surface area (Å²) in [5.41, 5.74) is 2.87. The molecule has 0 unspecified atom stereocenters. The number of benzene rings is 1. The van der Waals surface area contributed by atoms with Crippen molar-refractivity contribution in [2.24, 2.45) is 7.05 Å². The molecule has 0 aliphatic heterocycles. The molecule has 1 heterocycles. The monoisotopic (exact) mass is 256 g/mol. The lowest BCUT2D eigenvalue weighted by atomic mass is 9.87. The van der Waals surface area contributed by atoms with Crippen molar-refractivity contribution in [3.63, 3.8) is 0 Å². The Morgan fingerprint density at radius 1 is 1.11 bits per heavy atom. The summed E-state index contributed by atoms with van der Waals surface area (Å²) in [5, 5.41) is 2.90. The molecule has 0 bridgehead atoms. The Kier molecular flexibility index (Phi) is 3.47. The van der Waals surface area contributed by atoms with Crippen LogP contribution < -0.4 is 5.32 Å². The van der Waals surface area contributed by atoms with E-state index in [-0.39, 0.29) is 11.3 Å². The molecule has 0 spiro atoms. The molecular weight excluding hydrogens is 236 g/mol. The van der Waals surface area contributed by atoms with Crippen molar-refractivity contribution in [1.29, 1.82) is 0 Å². The maximum Gasteiger partial charge on any atom is 0.257 e. The van der Waals surface area contributed by atoms with Gasteiger partial charge in [0.15, 0.2) is 0 Å². The predicted molar refractivity (Wildman–Crippen MR) is 78.5 cm³/mol. The second-order valence-electron chi connectivity index (χ2n) is 5.85. The number of nitrogens with zero attached hydrogens (tertiary/aromatic N) is 1. The van der Waals surface area contributed by atoms with Gasteiger partial charge in [-0.2, -0.15) is 0 Å². The second-order valence-corrected chi connectivity index (χ2v) is 5.85. The molecule has 1 amide bonds. The first kappa shape index (κ1) is 13.4. The maximum absolute atomic E-state index is 12.0. The molecule has 0 saturated heterocycles. The quantitative estimate of drug-likeness (QED) is 0.875. The van der Waals surface area contributed by atoms with E-state index in [0.717, 1.165) is 5.69 Å². The molecular formula is C16H20N2O. The van der Waals surface area contributed by atoms with Crippen molar-refractivity contribution in [1.82, 2.24) is 4.57 Å². The first-order chi connectivity index (χ1) is 8.86. The van der Waals surface area contributed by atoms with Crippen molar-refractivity contribution in [2.45, 2.75) is 26.2 Å². The van der Waals surface area contributed by atoms with Gasteiger partial charge in [-0.05, 0) is 29.2 Å². The summed E-state index contributed by atoms with van der Waals surface area (Å²) in [4.78, 5) is 12.0. The summed E-state index contributed by atoms with van der Waals surface area (Å²) in [6.45, 7) is 6.51. The van der Waals surface area contributed by atoms with E-state index < -0.39 is 0 Å². The summed E-state index contributed by atoms with van der Waals surface area (Å²) in [5.74, 6) is -0.0795. The van der Waals surface area contributed by atoms with Gasteiger partial charge in [0, 0.05) is 25.1 Å². The number of aromatic nitrogens is 1. The van der Waals surface area contributed by atoms with E-state index in [9.17, 15) is 4.79 Å². The molecule has 1 N–H and O–H groups in total. The largest absolute Gasteiger partial charge is 0.356 e. The van der Waals surface area contributed by atoms with Crippen LogP contribution >= 0.6 is 0 Å². The van der Waals surface area contributed by atoms with Gasteiger partial charge in [0.05, 0.1) is 5.56 Å². The minimum Gasteiger partial charge on any atom is -0.356 e. The van der Waals surface area contributed by atoms with Crippen LogP contribution in [0.4, 0.5) is 5.69 Å². The molecule has 0 aliphatic carbocycles. The first-order valence-electron chi connectivity index (χ1n) is 6.40. The molecule has 19 heavy (non-hydrogen) atoms. The van der Waals surface area contributed by atoms with E-state index in [4.69, 9.17) is 0 Å². The number of nitrogens with one attached hydrogen (secondary N) is 1. The van der Waals surface area contributed by atoms with E-state index in [0.29, 0.717) is 5.56 Å². The molecule has 0 atom stereocenters. The molecule has 0 aliphatic rings. The maximum atomic E-state index is 12.0. The average Bonchev–Trinajstić information content (AvgIpc) is 2.75. The highest BCUT2D eigenvalue weighted by atomic mass is 16.1. The number of amides is 1. The number of aryl methyl sites for hydroxylation is 1. The Morgan fingerprint density at radius 3 is 2.21 bits per heavy atom. The zero-order valence-electron chi connectivity index (χ0n) is 11.9. The van der Waals surface area contributed by atoms with Crippen LogP contribution in [0.1, 0.15) is 36.7 Å². The van der Waals surface area contributed by atoms with Crippen molar-refractivity contribution < 1.29 is 4.79 Å². The molecule has 2 rings (SSSR count). The van der Waals surface area contributed by atoms with Crippen molar-refractivity contribution in [2.75, 3.05) is 5.32 Å². The lowest BCUT2D eigenvalue weighted by Crippen LogP contribution is -2.13. The predicted octanol–water partition coefficient (Wildman–Crippen LogP) is 3.57. The van der Waals surface area contributed by atoms with E-state index in [1.54, 1.807) is 12.3 Å². The van der Waals surface area contributed by atoms with E-state index in [1.807, 2.05) is 29.9 Å². The molecule has 0 radical (unpaired) electrons. The summed E-state index contributed by atoms with van der Waals surface area (Å²) in [6, 6.07) is 9.81. The third kappa shape index (κ3) is 3.25. The van der Waals surface area contributed by atoms with Crippen LogP contribution in [0.3, 0.4) is 0 Å². The van der Waals surface area contributed by atoms with E-state index in [1.165, 1.54) is 5.56 Å². The van der Waals surface area contributed by atoms with Gasteiger partial charge < -0.3 is 9.88 Å². The zero-order chi connectivity index (χ0) is 14.0. The number of carbonyl (C=O) groups is 1. The molecule has 1 aromatic carbocycles. The van der Waals surface area contributed by atoms with E-state index >= 15 is 0 Å². The standard InChI is InChI=1S/C16H20N2O/c1-16(2,3)13-5-7-14(8-6-13)17-15(19)12-9-10-18(4)11-12/h5-11H,1-4H3,(H,17,19). The molecule has 1 aromatic heterocycles. The second kappa shape index (κ2) is 4.92. The Balaban J connectivity index is 2.10. The molecule has 2 aromatic rings. The SMILES string of the molecule is Cn1ccc(C(=O)Nc2ccc(C(C)(C)C)cc2)c1. The highest BCUT2D eigenvalue weighted by molar-refractivity contribution is 6.04. The van der Waals surface area contributed by atoms with Gasteiger partial charge in [0.25, 0.3) is 5.91 Å². The fraction of sp³-hybridized carbons (Fsp3) is 0.312. The first-order valence-corrected chi connectivity index (χ1v) is 6.40. The molecule has 0 fully saturated rings. The third-order valence-corrected chi connectivity index (χ3v) is 3.10. The van der Waals surface area contributed by atoms with Gasteiger partial charge in [0.1, 0.15) is 0 Å². The number of hydrogen-bond acceptors (Lipinski definition) is 1. The Hall–Kier alpha value is -2.03. The van der Waals surface area contributed by atoms with Gasteiger partial charge >= 0.3 is 0 Å². The van der Waals surface area contributed by atoms with Crippen molar-refractivity contribution in [3.05, 3.63) is 53.9 Å². The normalized spacial score (nSPS) is 11.4. The minimum atomic E-state index is -0.0795. The topological polar surface area (TPSA) is 34.0 Å². The summed E-state index contributed by atoms with van der Waals surface area (Å²) >= 11 is 0. The van der Waals surface area contributed by atoms with Crippen LogP contribution in [0.2, 0.25) is 0 Å². The summed E-state index contributed by atoms with van der Waals surface area (Å²) < 4.78 is 1.86. The number of rotatable bonds is 2. The summed E-state index contributed by atoms with van der Waals surface area (Å²) in [7, 11) is 1.90. The molecule has 100 valence electrons. The van der Waals surface area contributed by atoms with Crippen LogP contribution in [0.5, 0.6) is 0 Å². The van der Waals surface area contributed by atoms with Gasteiger partial charge in [-0.3, -0.25) is 4.79 Å². The highest BCUT2D eigenvalue weighted by Gasteiger charge is 2.13. The van der Waals surface area contributed by atoms with Crippen molar-refractivity contribution in [3.8, 4) is 0 Å². The molecule has 3 heteroatoms. The lowest BCUT2D eigenvalue weighted by Gasteiger charge is -2.19. The molecule has 3 nitrogen and oxygen atoms in total. The lowest BCUT2D eigenvalue weighted by molar-refractivity contribution is 0.102. The Morgan fingerprint density at radius 2 is 1.74 bits per heavy atom. The number of hydrogen-bond donors (Lipinski definition) is 1. The summed E-state index contributed by atoms with van der Waals surface area (Å²) in [6.07, 6.45) is 3.66. The van der Waals surface area contributed by atoms with Gasteiger partial charge in [-0.25, -0.2) is 0 Å². The smallest absolute Gasteiger partial charge is 0.257 e. The van der Waals surface area contributed by atoms with Crippen LogP contribution in [0.25, 0.3) is 0 Å². The fourth-order valence-electron chi connectivity index (χ4n) is 1.89. The third-order valence-electron chi connectivity index (χ3n) is 3.10. The minimum absolute atomic E-state index is 0.0795. The van der Waals surface area contributed by atoms with Crippen molar-refractivity contribution >= 4 is 11.6 Å². The molecule has 0 saturated carbocycles. The van der Waals surface area contributed by atoms with Gasteiger partial charge in [-0.15, -0.1) is 0 Å². The zero-order valence-corrected chi connectivity index (χ0v) is 11.9. The van der Waals surface area contributed by atoms with E-state index in [2.05, 4.69) is 38.2 Å².